The van der Waals surface area contributed by atoms with Crippen LogP contribution in [0, 0.1) is 0 Å². The molecule has 4 nitrogen and oxygen atoms in total. The zero-order valence-corrected chi connectivity index (χ0v) is 8.72. The first kappa shape index (κ1) is 12.2. The molecule has 1 amide bonds. The molecular weight excluding hydrogens is 168 g/mol. The number of hydrogen-bond donors (Lipinski definition) is 2. The van der Waals surface area contributed by atoms with E-state index in [9.17, 15) is 4.79 Å². The minimum absolute atomic E-state index is 0.226. The Bertz CT molecular complexity index is 140. The van der Waals surface area contributed by atoms with Gasteiger partial charge in [-0.2, -0.15) is 0 Å². The Labute approximate surface area is 80.0 Å². The molecule has 0 aliphatic carbocycles. The van der Waals surface area contributed by atoms with E-state index in [-0.39, 0.29) is 12.1 Å². The maximum atomic E-state index is 10.7. The number of ether oxygens (including phenoxy) is 1. The molecule has 78 valence electrons. The summed E-state index contributed by atoms with van der Waals surface area (Å²) >= 11 is 0. The predicted octanol–water partition coefficient (Wildman–Crippen LogP) is 1.12. The van der Waals surface area contributed by atoms with Gasteiger partial charge in [-0.15, -0.1) is 0 Å². The van der Waals surface area contributed by atoms with Crippen molar-refractivity contribution < 1.29 is 9.53 Å². The van der Waals surface area contributed by atoms with E-state index in [1.165, 1.54) is 6.42 Å². The normalized spacial score (nSPS) is 12.2. The Morgan fingerprint density at radius 1 is 1.54 bits per heavy atom. The van der Waals surface area contributed by atoms with Crippen molar-refractivity contribution in [2.75, 3.05) is 20.2 Å². The fourth-order valence-corrected chi connectivity index (χ4v) is 0.857. The highest BCUT2D eigenvalue weighted by atomic mass is 16.5. The van der Waals surface area contributed by atoms with Crippen LogP contribution in [0.5, 0.6) is 0 Å². The molecule has 0 spiro atoms. The third-order valence-electron chi connectivity index (χ3n) is 1.69. The first-order chi connectivity index (χ1) is 6.20. The Kier molecular flexibility index (Phi) is 7.39. The number of alkyl carbamates (subject to hydrolysis) is 1. The number of unbranched alkanes of at least 4 members (excludes halogenated alkanes) is 1. The van der Waals surface area contributed by atoms with Gasteiger partial charge < -0.3 is 15.4 Å². The SMILES string of the molecule is CCCCNC(C)COC(=O)NC. The molecule has 0 aromatic rings. The van der Waals surface area contributed by atoms with E-state index in [0.717, 1.165) is 13.0 Å². The fourth-order valence-electron chi connectivity index (χ4n) is 0.857. The van der Waals surface area contributed by atoms with Crippen molar-refractivity contribution in [1.29, 1.82) is 0 Å². The van der Waals surface area contributed by atoms with E-state index in [2.05, 4.69) is 17.6 Å². The molecule has 1 unspecified atom stereocenters. The van der Waals surface area contributed by atoms with Crippen LogP contribution in [-0.4, -0.2) is 32.3 Å². The topological polar surface area (TPSA) is 50.4 Å². The molecule has 13 heavy (non-hydrogen) atoms. The van der Waals surface area contributed by atoms with Crippen LogP contribution < -0.4 is 10.6 Å². The lowest BCUT2D eigenvalue weighted by molar-refractivity contribution is 0.138. The number of amides is 1. The van der Waals surface area contributed by atoms with Crippen molar-refractivity contribution in [3.63, 3.8) is 0 Å². The zero-order chi connectivity index (χ0) is 10.1. The quantitative estimate of drug-likeness (QED) is 0.614. The average Bonchev–Trinajstić information content (AvgIpc) is 2.14. The van der Waals surface area contributed by atoms with Gasteiger partial charge >= 0.3 is 6.09 Å². The maximum absolute atomic E-state index is 10.7. The summed E-state index contributed by atoms with van der Waals surface area (Å²) < 4.78 is 4.87. The Balaban J connectivity index is 3.29. The van der Waals surface area contributed by atoms with Crippen molar-refractivity contribution in [2.24, 2.45) is 0 Å². The van der Waals surface area contributed by atoms with Gasteiger partial charge in [0.25, 0.3) is 0 Å². The molecule has 4 heteroatoms. The van der Waals surface area contributed by atoms with E-state index in [0.29, 0.717) is 6.61 Å². The first-order valence-corrected chi connectivity index (χ1v) is 4.78. The molecule has 2 N–H and O–H groups in total. The van der Waals surface area contributed by atoms with Gasteiger partial charge in [-0.25, -0.2) is 4.79 Å². The monoisotopic (exact) mass is 188 g/mol. The van der Waals surface area contributed by atoms with Gasteiger partial charge in [0.2, 0.25) is 0 Å². The smallest absolute Gasteiger partial charge is 0.406 e. The highest BCUT2D eigenvalue weighted by Crippen LogP contribution is 1.88. The molecule has 0 bridgehead atoms. The fraction of sp³-hybridized carbons (Fsp3) is 0.889. The van der Waals surface area contributed by atoms with Crippen LogP contribution in [0.3, 0.4) is 0 Å². The molecule has 0 saturated heterocycles. The van der Waals surface area contributed by atoms with Crippen LogP contribution in [0.4, 0.5) is 4.79 Å². The summed E-state index contributed by atoms with van der Waals surface area (Å²) in [6, 6.07) is 0.226. The van der Waals surface area contributed by atoms with Gasteiger partial charge in [0.05, 0.1) is 0 Å². The summed E-state index contributed by atoms with van der Waals surface area (Å²) in [7, 11) is 1.55. The predicted molar refractivity (Wildman–Crippen MR) is 52.8 cm³/mol. The molecule has 0 fully saturated rings. The largest absolute Gasteiger partial charge is 0.448 e. The minimum atomic E-state index is -0.371. The van der Waals surface area contributed by atoms with Gasteiger partial charge in [0, 0.05) is 13.1 Å². The molecule has 0 aliphatic heterocycles. The van der Waals surface area contributed by atoms with Crippen LogP contribution in [0.2, 0.25) is 0 Å². The average molecular weight is 188 g/mol. The standard InChI is InChI=1S/C9H20N2O2/c1-4-5-6-11-8(2)7-13-9(12)10-3/h8,11H,4-7H2,1-3H3,(H,10,12). The van der Waals surface area contributed by atoms with Crippen LogP contribution in [0.1, 0.15) is 26.7 Å². The number of hydrogen-bond acceptors (Lipinski definition) is 3. The highest BCUT2D eigenvalue weighted by molar-refractivity contribution is 5.66. The van der Waals surface area contributed by atoms with Crippen molar-refractivity contribution in [2.45, 2.75) is 32.7 Å². The van der Waals surface area contributed by atoms with E-state index in [1.807, 2.05) is 6.92 Å². The van der Waals surface area contributed by atoms with E-state index >= 15 is 0 Å². The van der Waals surface area contributed by atoms with Crippen LogP contribution >= 0.6 is 0 Å². The molecule has 0 radical (unpaired) electrons. The Morgan fingerprint density at radius 3 is 2.77 bits per heavy atom. The lowest BCUT2D eigenvalue weighted by Gasteiger charge is -2.13. The minimum Gasteiger partial charge on any atom is -0.448 e. The molecule has 0 saturated carbocycles. The van der Waals surface area contributed by atoms with E-state index in [1.54, 1.807) is 7.05 Å². The van der Waals surface area contributed by atoms with Gasteiger partial charge in [-0.3, -0.25) is 0 Å². The molecule has 0 rings (SSSR count). The second kappa shape index (κ2) is 7.86. The Hall–Kier alpha value is -0.770. The number of carbonyl (C=O) groups excluding carboxylic acids is 1. The maximum Gasteiger partial charge on any atom is 0.406 e. The second-order valence-electron chi connectivity index (χ2n) is 3.06. The lowest BCUT2D eigenvalue weighted by Crippen LogP contribution is -2.33. The molecule has 0 aliphatic rings. The lowest BCUT2D eigenvalue weighted by atomic mass is 10.3. The summed E-state index contributed by atoms with van der Waals surface area (Å²) in [5, 5.41) is 5.66. The van der Waals surface area contributed by atoms with Gasteiger partial charge in [-0.1, -0.05) is 13.3 Å². The van der Waals surface area contributed by atoms with E-state index < -0.39 is 0 Å². The number of carbonyl (C=O) groups is 1. The van der Waals surface area contributed by atoms with Gasteiger partial charge in [0.1, 0.15) is 6.61 Å². The Morgan fingerprint density at radius 2 is 2.23 bits per heavy atom. The summed E-state index contributed by atoms with van der Waals surface area (Å²) in [6.45, 7) is 5.55. The van der Waals surface area contributed by atoms with Crippen LogP contribution in [0.15, 0.2) is 0 Å². The van der Waals surface area contributed by atoms with Gasteiger partial charge in [0.15, 0.2) is 0 Å². The molecule has 0 heterocycles. The summed E-state index contributed by atoms with van der Waals surface area (Å²) in [5.41, 5.74) is 0. The van der Waals surface area contributed by atoms with Crippen molar-refractivity contribution >= 4 is 6.09 Å². The third kappa shape index (κ3) is 7.59. The summed E-state index contributed by atoms with van der Waals surface area (Å²) in [5.74, 6) is 0. The highest BCUT2D eigenvalue weighted by Gasteiger charge is 2.03. The second-order valence-corrected chi connectivity index (χ2v) is 3.06. The molecule has 0 aromatic carbocycles. The molecule has 1 atom stereocenters. The zero-order valence-electron chi connectivity index (χ0n) is 8.72. The van der Waals surface area contributed by atoms with Crippen molar-refractivity contribution in [3.05, 3.63) is 0 Å². The number of rotatable bonds is 6. The number of nitrogens with one attached hydrogen (secondary N) is 2. The summed E-state index contributed by atoms with van der Waals surface area (Å²) in [4.78, 5) is 10.7. The first-order valence-electron chi connectivity index (χ1n) is 4.78. The van der Waals surface area contributed by atoms with Crippen LogP contribution in [-0.2, 0) is 4.74 Å². The third-order valence-corrected chi connectivity index (χ3v) is 1.69. The molecule has 0 aromatic heterocycles. The van der Waals surface area contributed by atoms with Crippen molar-refractivity contribution in [1.82, 2.24) is 10.6 Å². The van der Waals surface area contributed by atoms with Crippen molar-refractivity contribution in [3.8, 4) is 0 Å². The van der Waals surface area contributed by atoms with Gasteiger partial charge in [-0.05, 0) is 19.9 Å². The van der Waals surface area contributed by atoms with Crippen LogP contribution in [0.25, 0.3) is 0 Å². The van der Waals surface area contributed by atoms with E-state index in [4.69, 9.17) is 4.74 Å². The molecular formula is C9H20N2O2. The summed E-state index contributed by atoms with van der Waals surface area (Å²) in [6.07, 6.45) is 1.96.